The van der Waals surface area contributed by atoms with Gasteiger partial charge in [0, 0.05) is 0 Å². The van der Waals surface area contributed by atoms with Crippen molar-refractivity contribution in [3.05, 3.63) is 12.2 Å². The van der Waals surface area contributed by atoms with Crippen LogP contribution in [0.25, 0.3) is 0 Å². The monoisotopic (exact) mass is 128 g/mol. The van der Waals surface area contributed by atoms with Crippen LogP contribution in [0.5, 0.6) is 0 Å². The molecule has 0 aromatic heterocycles. The van der Waals surface area contributed by atoms with Gasteiger partial charge in [-0.1, -0.05) is 6.08 Å². The quantitative estimate of drug-likeness (QED) is 0.496. The molecule has 1 saturated heterocycles. The first-order chi connectivity index (χ1) is 4.27. The minimum Gasteiger partial charge on any atom is -0.344 e. The molecule has 0 aromatic rings. The maximum Gasteiger partial charge on any atom is 0.185 e. The Bertz CT molecular complexity index is 112. The number of hydrogen-bond acceptors (Lipinski definition) is 2. The Morgan fingerprint density at radius 2 is 1.89 bits per heavy atom. The molecule has 0 amide bonds. The van der Waals surface area contributed by atoms with Gasteiger partial charge in [-0.15, -0.1) is 0 Å². The molecule has 0 bridgehead atoms. The zero-order valence-corrected chi connectivity index (χ0v) is 5.89. The lowest BCUT2D eigenvalue weighted by molar-refractivity contribution is -0.0997. The van der Waals surface area contributed by atoms with Gasteiger partial charge in [0.05, 0.1) is 13.2 Å². The second-order valence-electron chi connectivity index (χ2n) is 2.21. The lowest BCUT2D eigenvalue weighted by atomic mass is 10.3. The van der Waals surface area contributed by atoms with Crippen molar-refractivity contribution >= 4 is 0 Å². The van der Waals surface area contributed by atoms with Gasteiger partial charge in [-0.2, -0.15) is 0 Å². The van der Waals surface area contributed by atoms with Gasteiger partial charge in [0.25, 0.3) is 0 Å². The second-order valence-corrected chi connectivity index (χ2v) is 2.21. The average molecular weight is 128 g/mol. The Morgan fingerprint density at radius 1 is 1.33 bits per heavy atom. The fourth-order valence-electron chi connectivity index (χ4n) is 0.929. The summed E-state index contributed by atoms with van der Waals surface area (Å²) in [5.41, 5.74) is 0. The molecule has 0 N–H and O–H groups in total. The van der Waals surface area contributed by atoms with Gasteiger partial charge in [0.15, 0.2) is 5.79 Å². The summed E-state index contributed by atoms with van der Waals surface area (Å²) in [5.74, 6) is -0.436. The van der Waals surface area contributed by atoms with E-state index < -0.39 is 5.79 Å². The van der Waals surface area contributed by atoms with Crippen molar-refractivity contribution in [2.24, 2.45) is 0 Å². The molecular weight excluding hydrogens is 116 g/mol. The summed E-state index contributed by atoms with van der Waals surface area (Å²) >= 11 is 0. The van der Waals surface area contributed by atoms with E-state index in [0.29, 0.717) is 13.2 Å². The molecule has 0 radical (unpaired) electrons. The fourth-order valence-corrected chi connectivity index (χ4v) is 0.929. The van der Waals surface area contributed by atoms with Crippen LogP contribution < -0.4 is 0 Å². The van der Waals surface area contributed by atoms with E-state index in [1.807, 2.05) is 26.0 Å². The van der Waals surface area contributed by atoms with E-state index in [4.69, 9.17) is 9.47 Å². The van der Waals surface area contributed by atoms with Crippen molar-refractivity contribution < 1.29 is 9.47 Å². The molecule has 2 nitrogen and oxygen atoms in total. The zero-order chi connectivity index (χ0) is 6.74. The van der Waals surface area contributed by atoms with Crippen LogP contribution in [-0.4, -0.2) is 19.0 Å². The third kappa shape index (κ3) is 1.53. The molecule has 2 heteroatoms. The van der Waals surface area contributed by atoms with E-state index in [9.17, 15) is 0 Å². The molecule has 0 spiro atoms. The Kier molecular flexibility index (Phi) is 1.88. The van der Waals surface area contributed by atoms with Crippen molar-refractivity contribution in [2.75, 3.05) is 13.2 Å². The molecule has 1 fully saturated rings. The minimum atomic E-state index is -0.436. The summed E-state index contributed by atoms with van der Waals surface area (Å²) in [6.07, 6.45) is 3.85. The summed E-state index contributed by atoms with van der Waals surface area (Å²) in [6.45, 7) is 5.29. The molecule has 0 atom stereocenters. The Morgan fingerprint density at radius 3 is 2.33 bits per heavy atom. The largest absolute Gasteiger partial charge is 0.344 e. The van der Waals surface area contributed by atoms with Gasteiger partial charge in [0.1, 0.15) is 0 Å². The molecule has 0 aliphatic carbocycles. The number of ether oxygens (including phenoxy) is 2. The smallest absolute Gasteiger partial charge is 0.185 e. The van der Waals surface area contributed by atoms with Crippen LogP contribution >= 0.6 is 0 Å². The maximum absolute atomic E-state index is 5.27. The van der Waals surface area contributed by atoms with Gasteiger partial charge in [-0.25, -0.2) is 0 Å². The zero-order valence-electron chi connectivity index (χ0n) is 5.89. The normalized spacial score (nSPS) is 25.6. The van der Waals surface area contributed by atoms with Gasteiger partial charge in [0.2, 0.25) is 0 Å². The molecule has 1 aliphatic heterocycles. The molecule has 1 aliphatic rings. The van der Waals surface area contributed by atoms with E-state index >= 15 is 0 Å². The molecule has 0 unspecified atom stereocenters. The van der Waals surface area contributed by atoms with Crippen molar-refractivity contribution in [1.82, 2.24) is 0 Å². The topological polar surface area (TPSA) is 18.5 Å². The molecule has 52 valence electrons. The lowest BCUT2D eigenvalue weighted by Gasteiger charge is -2.16. The first kappa shape index (κ1) is 6.78. The predicted molar refractivity (Wildman–Crippen MR) is 35.1 cm³/mol. The van der Waals surface area contributed by atoms with Crippen LogP contribution in [-0.2, 0) is 9.47 Å². The summed E-state index contributed by atoms with van der Waals surface area (Å²) < 4.78 is 10.5. The standard InChI is InChI=1S/C7H12O2/c1-3-4-7(2)8-5-6-9-7/h3-4H,5-6H2,1-2H3/b4-3-. The SMILES string of the molecule is C/C=C\C1(C)OCCO1. The highest BCUT2D eigenvalue weighted by molar-refractivity contribution is 4.92. The van der Waals surface area contributed by atoms with Crippen molar-refractivity contribution in [3.63, 3.8) is 0 Å². The van der Waals surface area contributed by atoms with Gasteiger partial charge in [-0.3, -0.25) is 0 Å². The minimum absolute atomic E-state index is 0.436. The van der Waals surface area contributed by atoms with E-state index in [2.05, 4.69) is 0 Å². The number of hydrogen-bond donors (Lipinski definition) is 0. The Balaban J connectivity index is 2.51. The van der Waals surface area contributed by atoms with Gasteiger partial charge < -0.3 is 9.47 Å². The molecular formula is C7H12O2. The first-order valence-corrected chi connectivity index (χ1v) is 3.18. The van der Waals surface area contributed by atoms with Crippen LogP contribution in [0, 0.1) is 0 Å². The Labute approximate surface area is 55.5 Å². The highest BCUT2D eigenvalue weighted by atomic mass is 16.7. The first-order valence-electron chi connectivity index (χ1n) is 3.18. The molecule has 9 heavy (non-hydrogen) atoms. The molecule has 1 heterocycles. The van der Waals surface area contributed by atoms with Crippen LogP contribution in [0.3, 0.4) is 0 Å². The second kappa shape index (κ2) is 2.50. The summed E-state index contributed by atoms with van der Waals surface area (Å²) in [5, 5.41) is 0. The van der Waals surface area contributed by atoms with Gasteiger partial charge >= 0.3 is 0 Å². The highest BCUT2D eigenvalue weighted by Gasteiger charge is 2.26. The van der Waals surface area contributed by atoms with E-state index in [-0.39, 0.29) is 0 Å². The van der Waals surface area contributed by atoms with Crippen molar-refractivity contribution in [1.29, 1.82) is 0 Å². The third-order valence-corrected chi connectivity index (χ3v) is 1.33. The average Bonchev–Trinajstić information content (AvgIpc) is 2.16. The van der Waals surface area contributed by atoms with Crippen molar-refractivity contribution in [3.8, 4) is 0 Å². The fraction of sp³-hybridized carbons (Fsp3) is 0.714. The van der Waals surface area contributed by atoms with Gasteiger partial charge in [-0.05, 0) is 19.9 Å². The molecule has 1 rings (SSSR count). The Hall–Kier alpha value is -0.340. The van der Waals surface area contributed by atoms with E-state index in [0.717, 1.165) is 0 Å². The molecule has 0 saturated carbocycles. The van der Waals surface area contributed by atoms with Crippen LogP contribution in [0.2, 0.25) is 0 Å². The summed E-state index contributed by atoms with van der Waals surface area (Å²) in [6, 6.07) is 0. The van der Waals surface area contributed by atoms with Crippen LogP contribution in [0.15, 0.2) is 12.2 Å². The summed E-state index contributed by atoms with van der Waals surface area (Å²) in [4.78, 5) is 0. The predicted octanol–water partition coefficient (Wildman–Crippen LogP) is 1.33. The maximum atomic E-state index is 5.27. The summed E-state index contributed by atoms with van der Waals surface area (Å²) in [7, 11) is 0. The number of rotatable bonds is 1. The lowest BCUT2D eigenvalue weighted by Crippen LogP contribution is -2.21. The van der Waals surface area contributed by atoms with E-state index in [1.165, 1.54) is 0 Å². The number of allylic oxidation sites excluding steroid dienone is 1. The van der Waals surface area contributed by atoms with E-state index in [1.54, 1.807) is 0 Å². The third-order valence-electron chi connectivity index (χ3n) is 1.33. The molecule has 0 aromatic carbocycles. The highest BCUT2D eigenvalue weighted by Crippen LogP contribution is 2.19. The van der Waals surface area contributed by atoms with Crippen LogP contribution in [0.1, 0.15) is 13.8 Å². The van der Waals surface area contributed by atoms with Crippen LogP contribution in [0.4, 0.5) is 0 Å². The van der Waals surface area contributed by atoms with Crippen molar-refractivity contribution in [2.45, 2.75) is 19.6 Å².